The molecule has 0 aliphatic heterocycles. The van der Waals surface area contributed by atoms with Crippen LogP contribution in [0.4, 0.5) is 5.13 Å². The number of unbranched alkanes of at least 4 members (excludes halogenated alkanes) is 4. The molecule has 0 aliphatic carbocycles. The molecule has 1 aromatic rings. The molecular formula is C12H18BrN3O2S. The highest BCUT2D eigenvalue weighted by Crippen LogP contribution is 2.22. The normalized spacial score (nSPS) is 10.2. The minimum atomic E-state index is -0.671. The highest BCUT2D eigenvalue weighted by molar-refractivity contribution is 9.11. The van der Waals surface area contributed by atoms with E-state index in [1.165, 1.54) is 30.6 Å². The van der Waals surface area contributed by atoms with Crippen LogP contribution in [-0.2, 0) is 9.59 Å². The maximum atomic E-state index is 11.5. The molecule has 2 N–H and O–H groups in total. The largest absolute Gasteiger partial charge is 0.348 e. The molecule has 0 aromatic carbocycles. The number of thiazole rings is 1. The van der Waals surface area contributed by atoms with E-state index in [1.807, 2.05) is 0 Å². The van der Waals surface area contributed by atoms with Crippen molar-refractivity contribution in [1.29, 1.82) is 0 Å². The van der Waals surface area contributed by atoms with Gasteiger partial charge in [-0.15, -0.1) is 0 Å². The molecule has 0 saturated heterocycles. The molecule has 0 unspecified atom stereocenters. The van der Waals surface area contributed by atoms with E-state index in [9.17, 15) is 9.59 Å². The van der Waals surface area contributed by atoms with E-state index in [0.29, 0.717) is 11.7 Å². The Morgan fingerprint density at radius 3 is 2.63 bits per heavy atom. The summed E-state index contributed by atoms with van der Waals surface area (Å²) in [5.41, 5.74) is 0. The fourth-order valence-corrected chi connectivity index (χ4v) is 2.58. The van der Waals surface area contributed by atoms with Crippen molar-refractivity contribution in [2.24, 2.45) is 0 Å². The van der Waals surface area contributed by atoms with E-state index in [1.54, 1.807) is 6.20 Å². The lowest BCUT2D eigenvalue weighted by molar-refractivity contribution is -0.136. The second-order valence-corrected chi connectivity index (χ2v) is 6.50. The predicted octanol–water partition coefficient (Wildman–Crippen LogP) is 2.93. The van der Waals surface area contributed by atoms with E-state index in [4.69, 9.17) is 0 Å². The van der Waals surface area contributed by atoms with Gasteiger partial charge >= 0.3 is 11.8 Å². The molecule has 5 nitrogen and oxygen atoms in total. The number of anilines is 1. The average Bonchev–Trinajstić information content (AvgIpc) is 2.78. The van der Waals surface area contributed by atoms with Crippen molar-refractivity contribution in [1.82, 2.24) is 10.3 Å². The van der Waals surface area contributed by atoms with Gasteiger partial charge in [0.05, 0.1) is 9.98 Å². The highest BCUT2D eigenvalue weighted by atomic mass is 79.9. The van der Waals surface area contributed by atoms with Gasteiger partial charge < -0.3 is 5.32 Å². The fraction of sp³-hybridized carbons (Fsp3) is 0.583. The Hall–Kier alpha value is -0.950. The first kappa shape index (κ1) is 16.1. The molecule has 0 atom stereocenters. The molecule has 0 spiro atoms. The lowest BCUT2D eigenvalue weighted by Gasteiger charge is -2.04. The van der Waals surface area contributed by atoms with Crippen molar-refractivity contribution in [3.63, 3.8) is 0 Å². The molecule has 0 bridgehead atoms. The van der Waals surface area contributed by atoms with Gasteiger partial charge in [0.1, 0.15) is 0 Å². The van der Waals surface area contributed by atoms with Gasteiger partial charge in [-0.05, 0) is 22.4 Å². The van der Waals surface area contributed by atoms with E-state index in [0.717, 1.165) is 16.6 Å². The van der Waals surface area contributed by atoms with Crippen molar-refractivity contribution in [2.75, 3.05) is 11.9 Å². The summed E-state index contributed by atoms with van der Waals surface area (Å²) in [5.74, 6) is -1.28. The van der Waals surface area contributed by atoms with Crippen LogP contribution in [0.15, 0.2) is 9.98 Å². The van der Waals surface area contributed by atoms with Crippen LogP contribution in [0.1, 0.15) is 39.0 Å². The molecule has 0 fully saturated rings. The predicted molar refractivity (Wildman–Crippen MR) is 80.2 cm³/mol. The molecule has 106 valence electrons. The van der Waals surface area contributed by atoms with E-state index in [2.05, 4.69) is 38.5 Å². The number of aromatic nitrogens is 1. The topological polar surface area (TPSA) is 71.1 Å². The van der Waals surface area contributed by atoms with Crippen molar-refractivity contribution in [2.45, 2.75) is 39.0 Å². The third kappa shape index (κ3) is 6.68. The number of nitrogens with zero attached hydrogens (tertiary/aromatic N) is 1. The molecule has 7 heteroatoms. The van der Waals surface area contributed by atoms with E-state index >= 15 is 0 Å². The van der Waals surface area contributed by atoms with Crippen molar-refractivity contribution < 1.29 is 9.59 Å². The molecule has 0 aliphatic rings. The average molecular weight is 348 g/mol. The minimum Gasteiger partial charge on any atom is -0.348 e. The maximum absolute atomic E-state index is 11.5. The van der Waals surface area contributed by atoms with E-state index < -0.39 is 11.8 Å². The Labute approximate surface area is 125 Å². The summed E-state index contributed by atoms with van der Waals surface area (Å²) in [7, 11) is 0. The van der Waals surface area contributed by atoms with Crippen LogP contribution < -0.4 is 10.6 Å². The van der Waals surface area contributed by atoms with Gasteiger partial charge in [0.15, 0.2) is 5.13 Å². The summed E-state index contributed by atoms with van der Waals surface area (Å²) < 4.78 is 0.805. The number of carbonyl (C=O) groups is 2. The first-order chi connectivity index (χ1) is 9.13. The minimum absolute atomic E-state index is 0.412. The van der Waals surface area contributed by atoms with Crippen LogP contribution in [0.5, 0.6) is 0 Å². The van der Waals surface area contributed by atoms with Gasteiger partial charge in [0, 0.05) is 6.54 Å². The number of carbonyl (C=O) groups excluding carboxylic acids is 2. The Bertz CT molecular complexity index is 423. The molecule has 1 rings (SSSR count). The molecule has 1 heterocycles. The second-order valence-electron chi connectivity index (χ2n) is 4.09. The number of nitrogens with one attached hydrogen (secondary N) is 2. The third-order valence-corrected chi connectivity index (χ3v) is 3.86. The van der Waals surface area contributed by atoms with Crippen molar-refractivity contribution in [3.8, 4) is 0 Å². The first-order valence-electron chi connectivity index (χ1n) is 6.34. The Morgan fingerprint density at radius 2 is 2.00 bits per heavy atom. The quantitative estimate of drug-likeness (QED) is 0.588. The summed E-state index contributed by atoms with van der Waals surface area (Å²) in [6.07, 6.45) is 7.14. The van der Waals surface area contributed by atoms with Gasteiger partial charge in [-0.3, -0.25) is 14.9 Å². The van der Waals surface area contributed by atoms with Crippen molar-refractivity contribution in [3.05, 3.63) is 9.98 Å². The zero-order chi connectivity index (χ0) is 14.1. The summed E-state index contributed by atoms with van der Waals surface area (Å²) in [5, 5.41) is 5.46. The third-order valence-electron chi connectivity index (χ3n) is 2.47. The number of hydrogen-bond donors (Lipinski definition) is 2. The fourth-order valence-electron chi connectivity index (χ4n) is 1.48. The first-order valence-corrected chi connectivity index (χ1v) is 7.95. The number of rotatable bonds is 7. The number of halogens is 1. The zero-order valence-corrected chi connectivity index (χ0v) is 13.3. The number of hydrogen-bond acceptors (Lipinski definition) is 4. The van der Waals surface area contributed by atoms with Gasteiger partial charge in [-0.25, -0.2) is 4.98 Å². The standard InChI is InChI=1S/C12H18BrN3O2S/c1-2-3-4-5-6-7-14-10(17)11(18)16-12-15-8-9(13)19-12/h8H,2-7H2,1H3,(H,14,17)(H,15,16,18). The van der Waals surface area contributed by atoms with E-state index in [-0.39, 0.29) is 0 Å². The lowest BCUT2D eigenvalue weighted by Crippen LogP contribution is -2.35. The Morgan fingerprint density at radius 1 is 1.26 bits per heavy atom. The highest BCUT2D eigenvalue weighted by Gasteiger charge is 2.14. The van der Waals surface area contributed by atoms with Gasteiger partial charge in [0.2, 0.25) is 0 Å². The Kier molecular flexibility index (Phi) is 7.66. The summed E-state index contributed by atoms with van der Waals surface area (Å²) in [6, 6.07) is 0. The van der Waals surface area contributed by atoms with Crippen LogP contribution in [0.2, 0.25) is 0 Å². The van der Waals surface area contributed by atoms with Crippen molar-refractivity contribution >= 4 is 44.2 Å². The van der Waals surface area contributed by atoms with Crippen LogP contribution >= 0.6 is 27.3 Å². The van der Waals surface area contributed by atoms with Gasteiger partial charge in [0.25, 0.3) is 0 Å². The monoisotopic (exact) mass is 347 g/mol. The molecule has 0 saturated carbocycles. The van der Waals surface area contributed by atoms with Crippen LogP contribution in [0.3, 0.4) is 0 Å². The summed E-state index contributed by atoms with van der Waals surface area (Å²) >= 11 is 4.50. The second kappa shape index (κ2) is 9.03. The molecule has 0 radical (unpaired) electrons. The van der Waals surface area contributed by atoms with Crippen LogP contribution in [0.25, 0.3) is 0 Å². The smallest absolute Gasteiger partial charge is 0.315 e. The molecule has 2 amide bonds. The van der Waals surface area contributed by atoms with Crippen LogP contribution in [0, 0.1) is 0 Å². The summed E-state index contributed by atoms with van der Waals surface area (Å²) in [4.78, 5) is 26.9. The zero-order valence-electron chi connectivity index (χ0n) is 10.9. The van der Waals surface area contributed by atoms with Gasteiger partial charge in [-0.2, -0.15) is 0 Å². The van der Waals surface area contributed by atoms with Crippen LogP contribution in [-0.4, -0.2) is 23.3 Å². The molecule has 1 aromatic heterocycles. The molecular weight excluding hydrogens is 330 g/mol. The maximum Gasteiger partial charge on any atom is 0.315 e. The SMILES string of the molecule is CCCCCCCNC(=O)C(=O)Nc1ncc(Br)s1. The Balaban J connectivity index is 2.16. The lowest BCUT2D eigenvalue weighted by atomic mass is 10.1. The molecule has 19 heavy (non-hydrogen) atoms. The number of amides is 2. The summed E-state index contributed by atoms with van der Waals surface area (Å²) in [6.45, 7) is 2.70. The van der Waals surface area contributed by atoms with Gasteiger partial charge in [-0.1, -0.05) is 43.9 Å².